The van der Waals surface area contributed by atoms with E-state index < -0.39 is 0 Å². The van der Waals surface area contributed by atoms with Gasteiger partial charge in [0.1, 0.15) is 11.3 Å². The molecule has 0 fully saturated rings. The largest absolute Gasteiger partial charge is 0.299 e. The van der Waals surface area contributed by atoms with E-state index in [0.717, 1.165) is 29.7 Å². The summed E-state index contributed by atoms with van der Waals surface area (Å²) in [6.45, 7) is 6.96. The lowest BCUT2D eigenvalue weighted by Gasteiger charge is -2.34. The van der Waals surface area contributed by atoms with Gasteiger partial charge in [0.2, 0.25) is 0 Å². The van der Waals surface area contributed by atoms with Gasteiger partial charge in [-0.2, -0.15) is 0 Å². The first-order valence-electron chi connectivity index (χ1n) is 7.14. The zero-order valence-corrected chi connectivity index (χ0v) is 13.6. The van der Waals surface area contributed by atoms with E-state index in [2.05, 4.69) is 26.8 Å². The maximum Gasteiger partial charge on any atom is 0.142 e. The van der Waals surface area contributed by atoms with Crippen LogP contribution in [0.2, 0.25) is 0 Å². The number of hydrogen-bond acceptors (Lipinski definition) is 3. The van der Waals surface area contributed by atoms with Crippen molar-refractivity contribution < 1.29 is 4.79 Å². The van der Waals surface area contributed by atoms with Crippen LogP contribution in [0, 0.1) is 11.3 Å². The van der Waals surface area contributed by atoms with Crippen molar-refractivity contribution >= 4 is 24.1 Å². The monoisotopic (exact) mass is 289 g/mol. The van der Waals surface area contributed by atoms with Crippen LogP contribution in [0.4, 0.5) is 0 Å². The zero-order valence-electron chi connectivity index (χ0n) is 12.8. The van der Waals surface area contributed by atoms with E-state index in [1.54, 1.807) is 17.8 Å². The van der Waals surface area contributed by atoms with E-state index >= 15 is 0 Å². The second kappa shape index (κ2) is 6.13. The van der Waals surface area contributed by atoms with Crippen molar-refractivity contribution in [3.63, 3.8) is 0 Å². The number of aryl methyl sites for hydroxylation is 1. The Morgan fingerprint density at radius 1 is 1.40 bits per heavy atom. The fraction of sp³-hybridized carbons (Fsp3) is 0.529. The van der Waals surface area contributed by atoms with E-state index in [9.17, 15) is 4.79 Å². The molecule has 0 radical (unpaired) electrons. The van der Waals surface area contributed by atoms with E-state index in [1.807, 2.05) is 12.3 Å². The molecule has 1 heterocycles. The molecule has 2 nitrogen and oxygen atoms in total. The van der Waals surface area contributed by atoms with Crippen LogP contribution in [0.5, 0.6) is 0 Å². The third-order valence-corrected chi connectivity index (χ3v) is 4.87. The van der Waals surface area contributed by atoms with Crippen molar-refractivity contribution in [2.45, 2.75) is 45.1 Å². The Balaban J connectivity index is 2.36. The SMILES string of the molecule is CSc1nc2c(cc1/C=C/C=O)CC(C(C)(C)C)CC2. The van der Waals surface area contributed by atoms with Crippen molar-refractivity contribution in [1.82, 2.24) is 4.98 Å². The molecule has 1 unspecified atom stereocenters. The van der Waals surface area contributed by atoms with E-state index in [4.69, 9.17) is 4.98 Å². The summed E-state index contributed by atoms with van der Waals surface area (Å²) in [4.78, 5) is 15.3. The van der Waals surface area contributed by atoms with Gasteiger partial charge < -0.3 is 0 Å². The molecule has 0 saturated heterocycles. The molecule has 0 spiro atoms. The molecule has 0 bridgehead atoms. The molecule has 108 valence electrons. The molecule has 1 aromatic heterocycles. The minimum absolute atomic E-state index is 0.342. The van der Waals surface area contributed by atoms with Crippen LogP contribution < -0.4 is 0 Å². The summed E-state index contributed by atoms with van der Waals surface area (Å²) in [5.41, 5.74) is 4.02. The minimum atomic E-state index is 0.342. The number of hydrogen-bond donors (Lipinski definition) is 0. The maximum atomic E-state index is 10.5. The number of carbonyl (C=O) groups is 1. The highest BCUT2D eigenvalue weighted by molar-refractivity contribution is 7.98. The van der Waals surface area contributed by atoms with Gasteiger partial charge in [-0.1, -0.05) is 20.8 Å². The van der Waals surface area contributed by atoms with Crippen molar-refractivity contribution in [1.29, 1.82) is 0 Å². The summed E-state index contributed by atoms with van der Waals surface area (Å²) in [7, 11) is 0. The molecule has 1 aliphatic rings. The van der Waals surface area contributed by atoms with Gasteiger partial charge in [0.25, 0.3) is 0 Å². The highest BCUT2D eigenvalue weighted by Crippen LogP contribution is 2.38. The van der Waals surface area contributed by atoms with Gasteiger partial charge >= 0.3 is 0 Å². The van der Waals surface area contributed by atoms with Crippen LogP contribution in [0.1, 0.15) is 44.0 Å². The predicted molar refractivity (Wildman–Crippen MR) is 86.1 cm³/mol. The first-order valence-corrected chi connectivity index (χ1v) is 8.37. The van der Waals surface area contributed by atoms with Crippen molar-refractivity contribution in [3.8, 4) is 0 Å². The Morgan fingerprint density at radius 3 is 2.75 bits per heavy atom. The lowest BCUT2D eigenvalue weighted by Crippen LogP contribution is -2.27. The molecule has 2 rings (SSSR count). The normalized spacial score (nSPS) is 19.1. The molecule has 0 aromatic carbocycles. The summed E-state index contributed by atoms with van der Waals surface area (Å²) in [6, 6.07) is 2.23. The fourth-order valence-electron chi connectivity index (χ4n) is 2.83. The number of allylic oxidation sites excluding steroid dienone is 1. The number of carbonyl (C=O) groups excluding carboxylic acids is 1. The van der Waals surface area contributed by atoms with Crippen LogP contribution in [-0.2, 0) is 17.6 Å². The van der Waals surface area contributed by atoms with Crippen LogP contribution >= 0.6 is 11.8 Å². The zero-order chi connectivity index (χ0) is 14.8. The van der Waals surface area contributed by atoms with Crippen LogP contribution in [0.3, 0.4) is 0 Å². The molecule has 0 saturated carbocycles. The third-order valence-electron chi connectivity index (χ3n) is 4.15. The summed E-state index contributed by atoms with van der Waals surface area (Å²) in [6.07, 6.45) is 9.67. The fourth-order valence-corrected chi connectivity index (χ4v) is 3.39. The van der Waals surface area contributed by atoms with Gasteiger partial charge in [-0.15, -0.1) is 11.8 Å². The second-order valence-electron chi connectivity index (χ2n) is 6.49. The Hall–Kier alpha value is -1.09. The average Bonchev–Trinajstić information content (AvgIpc) is 2.42. The van der Waals surface area contributed by atoms with Crippen LogP contribution in [0.25, 0.3) is 6.08 Å². The predicted octanol–water partition coefficient (Wildman–Crippen LogP) is 4.17. The van der Waals surface area contributed by atoms with Gasteiger partial charge in [0, 0.05) is 11.3 Å². The Morgan fingerprint density at radius 2 is 2.15 bits per heavy atom. The lowest BCUT2D eigenvalue weighted by molar-refractivity contribution is -0.104. The topological polar surface area (TPSA) is 30.0 Å². The second-order valence-corrected chi connectivity index (χ2v) is 7.29. The number of thioether (sulfide) groups is 1. The van der Waals surface area contributed by atoms with E-state index in [-0.39, 0.29) is 0 Å². The Labute approximate surface area is 126 Å². The summed E-state index contributed by atoms with van der Waals surface area (Å²) in [5.74, 6) is 0.708. The Kier molecular flexibility index (Phi) is 4.69. The Bertz CT molecular complexity index is 529. The summed E-state index contributed by atoms with van der Waals surface area (Å²) < 4.78 is 0. The quantitative estimate of drug-likeness (QED) is 0.475. The number of pyridine rings is 1. The minimum Gasteiger partial charge on any atom is -0.299 e. The molecule has 1 atom stereocenters. The standard InChI is InChI=1S/C17H23NOS/c1-17(2,3)14-7-8-15-13(11-14)10-12(6-5-9-19)16(18-15)20-4/h5-6,9-10,14H,7-8,11H2,1-4H3/b6-5+. The van der Waals surface area contributed by atoms with Gasteiger partial charge in [-0.05, 0) is 60.6 Å². The molecule has 0 amide bonds. The smallest absolute Gasteiger partial charge is 0.142 e. The molecule has 1 aliphatic carbocycles. The van der Waals surface area contributed by atoms with E-state index in [1.165, 1.54) is 17.7 Å². The molecule has 0 aliphatic heterocycles. The van der Waals surface area contributed by atoms with Gasteiger partial charge in [0.05, 0.1) is 0 Å². The number of rotatable bonds is 3. The number of fused-ring (bicyclic) bond motifs is 1. The van der Waals surface area contributed by atoms with Gasteiger partial charge in [0.15, 0.2) is 0 Å². The third kappa shape index (κ3) is 3.32. The summed E-state index contributed by atoms with van der Waals surface area (Å²) in [5, 5.41) is 1.02. The maximum absolute atomic E-state index is 10.5. The van der Waals surface area contributed by atoms with Crippen molar-refractivity contribution in [2.24, 2.45) is 11.3 Å². The first kappa shape index (κ1) is 15.3. The molecule has 1 aromatic rings. The number of nitrogens with zero attached hydrogens (tertiary/aromatic N) is 1. The number of aldehydes is 1. The highest BCUT2D eigenvalue weighted by atomic mass is 32.2. The average molecular weight is 289 g/mol. The first-order chi connectivity index (χ1) is 9.45. The van der Waals surface area contributed by atoms with Gasteiger partial charge in [-0.25, -0.2) is 4.98 Å². The lowest BCUT2D eigenvalue weighted by atomic mass is 9.71. The molecule has 0 N–H and O–H groups in total. The molecular formula is C17H23NOS. The van der Waals surface area contributed by atoms with Crippen LogP contribution in [-0.4, -0.2) is 17.5 Å². The van der Waals surface area contributed by atoms with Crippen molar-refractivity contribution in [3.05, 3.63) is 29.0 Å². The number of aromatic nitrogens is 1. The molecule has 3 heteroatoms. The summed E-state index contributed by atoms with van der Waals surface area (Å²) >= 11 is 1.65. The molecule has 20 heavy (non-hydrogen) atoms. The highest BCUT2D eigenvalue weighted by Gasteiger charge is 2.29. The van der Waals surface area contributed by atoms with Gasteiger partial charge in [-0.3, -0.25) is 4.79 Å². The van der Waals surface area contributed by atoms with Crippen molar-refractivity contribution in [2.75, 3.05) is 6.26 Å². The van der Waals surface area contributed by atoms with Crippen LogP contribution in [0.15, 0.2) is 17.2 Å². The van der Waals surface area contributed by atoms with E-state index in [0.29, 0.717) is 11.3 Å². The molecular weight excluding hydrogens is 266 g/mol.